The molecule has 2 rings (SSSR count). The van der Waals surface area contributed by atoms with E-state index in [0.717, 1.165) is 36.1 Å². The maximum atomic E-state index is 12.5. The Morgan fingerprint density at radius 3 is 2.62 bits per heavy atom. The van der Waals surface area contributed by atoms with Gasteiger partial charge in [0.2, 0.25) is 5.91 Å². The van der Waals surface area contributed by atoms with Crippen molar-refractivity contribution in [3.63, 3.8) is 0 Å². The van der Waals surface area contributed by atoms with E-state index >= 15 is 0 Å². The second-order valence-electron chi connectivity index (χ2n) is 4.65. The maximum Gasteiger partial charge on any atom is 1.00 e. The van der Waals surface area contributed by atoms with E-state index in [0.29, 0.717) is 6.54 Å². The van der Waals surface area contributed by atoms with Crippen molar-refractivity contribution in [2.24, 2.45) is 0 Å². The standard InChI is InChI=1S/C16H19N2O.C2H6.Rb.W.Y/c1-13-7-8-14-6-5-11-18(10-4-3-9-17-2)16(19)15(14)12-13;1-2;;;/h5-8,10,12H,1,3-4,9,11H2,2H3;1-2H3;;;/q-3;;+1;;. The summed E-state index contributed by atoms with van der Waals surface area (Å²) in [6.07, 6.45) is 5.87. The maximum absolute atomic E-state index is 12.5. The van der Waals surface area contributed by atoms with Gasteiger partial charge < -0.3 is 10.2 Å². The number of amides is 1. The fourth-order valence-corrected chi connectivity index (χ4v) is 2.12. The molecule has 0 atom stereocenters. The molecular formula is C18H25N2ORbWY-2. The van der Waals surface area contributed by atoms with E-state index in [1.165, 1.54) is 0 Å². The van der Waals surface area contributed by atoms with Crippen LogP contribution in [0.2, 0.25) is 0 Å². The molecule has 24 heavy (non-hydrogen) atoms. The summed E-state index contributed by atoms with van der Waals surface area (Å²) < 4.78 is 0. The Bertz CT molecular complexity index is 498. The van der Waals surface area contributed by atoms with Gasteiger partial charge in [-0.1, -0.05) is 32.4 Å². The van der Waals surface area contributed by atoms with Gasteiger partial charge in [0.15, 0.2) is 0 Å². The molecule has 1 amide bonds. The third kappa shape index (κ3) is 10.3. The van der Waals surface area contributed by atoms with Gasteiger partial charge in [-0.15, -0.1) is 6.07 Å². The number of benzene rings is 1. The van der Waals surface area contributed by atoms with Crippen molar-refractivity contribution in [1.29, 1.82) is 0 Å². The van der Waals surface area contributed by atoms with Crippen LogP contribution >= 0.6 is 0 Å². The summed E-state index contributed by atoms with van der Waals surface area (Å²) in [6.45, 7) is 11.3. The van der Waals surface area contributed by atoms with Gasteiger partial charge in [0.1, 0.15) is 0 Å². The molecule has 1 aromatic rings. The summed E-state index contributed by atoms with van der Waals surface area (Å²) in [5.74, 6) is 0.0546. The molecule has 0 aliphatic carbocycles. The fraction of sp³-hybridized carbons (Fsp3) is 0.389. The van der Waals surface area contributed by atoms with Crippen molar-refractivity contribution >= 4 is 12.0 Å². The predicted molar refractivity (Wildman–Crippen MR) is 90.0 cm³/mol. The van der Waals surface area contributed by atoms with Crippen molar-refractivity contribution < 1.29 is 117 Å². The number of unbranched alkanes of at least 4 members (excludes halogenated alkanes) is 1. The van der Waals surface area contributed by atoms with E-state index in [9.17, 15) is 4.79 Å². The second kappa shape index (κ2) is 18.2. The Labute approximate surface area is 236 Å². The van der Waals surface area contributed by atoms with Crippen molar-refractivity contribution in [2.75, 3.05) is 20.1 Å². The quantitative estimate of drug-likeness (QED) is 0.353. The minimum atomic E-state index is 0. The summed E-state index contributed by atoms with van der Waals surface area (Å²) in [7, 11) is 1.81. The van der Waals surface area contributed by atoms with Crippen LogP contribution in [0.25, 0.3) is 11.4 Å². The van der Waals surface area contributed by atoms with Crippen LogP contribution in [0.15, 0.2) is 24.3 Å². The molecule has 0 saturated carbocycles. The molecule has 0 N–H and O–H groups in total. The molecule has 1 radical (unpaired) electrons. The van der Waals surface area contributed by atoms with Gasteiger partial charge in [-0.05, 0) is 11.1 Å². The van der Waals surface area contributed by atoms with E-state index in [1.807, 2.05) is 57.8 Å². The van der Waals surface area contributed by atoms with E-state index in [1.54, 1.807) is 4.90 Å². The van der Waals surface area contributed by atoms with Crippen LogP contribution in [-0.4, -0.2) is 30.9 Å². The molecule has 1 heterocycles. The second-order valence-corrected chi connectivity index (χ2v) is 4.65. The third-order valence-electron chi connectivity index (χ3n) is 3.14. The summed E-state index contributed by atoms with van der Waals surface area (Å²) in [4.78, 5) is 14.2. The van der Waals surface area contributed by atoms with Crippen LogP contribution in [0.1, 0.15) is 48.2 Å². The van der Waals surface area contributed by atoms with E-state index in [4.69, 9.17) is 0 Å². The molecule has 1 aromatic carbocycles. The smallest absolute Gasteiger partial charge is 0.665 e. The molecule has 1 aliphatic heterocycles. The molecule has 0 spiro atoms. The predicted octanol–water partition coefficient (Wildman–Crippen LogP) is 1.31. The Morgan fingerprint density at radius 2 is 2.00 bits per heavy atom. The van der Waals surface area contributed by atoms with Gasteiger partial charge in [-0.25, -0.2) is 6.54 Å². The molecule has 0 fully saturated rings. The van der Waals surface area contributed by atoms with E-state index in [-0.39, 0.29) is 118 Å². The third-order valence-corrected chi connectivity index (χ3v) is 3.14. The molecule has 6 heteroatoms. The van der Waals surface area contributed by atoms with Crippen LogP contribution in [0.4, 0.5) is 0 Å². The summed E-state index contributed by atoms with van der Waals surface area (Å²) in [6, 6.07) is 5.74. The van der Waals surface area contributed by atoms with E-state index in [2.05, 4.69) is 12.2 Å². The molecule has 3 nitrogen and oxygen atoms in total. The number of carbonyl (C=O) groups is 1. The van der Waals surface area contributed by atoms with Crippen LogP contribution in [0.5, 0.6) is 0 Å². The zero-order chi connectivity index (χ0) is 15.7. The monoisotopic (exact) mass is 643 g/mol. The summed E-state index contributed by atoms with van der Waals surface area (Å²) in [5, 5.41) is 4.06. The first-order valence-electron chi connectivity index (χ1n) is 7.55. The van der Waals surface area contributed by atoms with Crippen LogP contribution < -0.4 is 58.2 Å². The molecule has 0 saturated heterocycles. The fourth-order valence-electron chi connectivity index (χ4n) is 2.12. The minimum Gasteiger partial charge on any atom is -0.665 e. The largest absolute Gasteiger partial charge is 1.00 e. The Hall–Kier alpha value is 1.86. The van der Waals surface area contributed by atoms with Crippen molar-refractivity contribution in [3.05, 3.63) is 59.8 Å². The number of hydrogen-bond donors (Lipinski definition) is 0. The van der Waals surface area contributed by atoms with Gasteiger partial charge in [0.05, 0.1) is 0 Å². The van der Waals surface area contributed by atoms with E-state index < -0.39 is 0 Å². The molecule has 0 unspecified atom stereocenters. The van der Waals surface area contributed by atoms with Crippen molar-refractivity contribution in [2.45, 2.75) is 26.7 Å². The number of fused-ring (bicyclic) bond motifs is 1. The average Bonchev–Trinajstić information content (AvgIpc) is 2.66. The number of rotatable bonds is 5. The first kappa shape index (κ1) is 30.6. The first-order valence-corrected chi connectivity index (χ1v) is 7.55. The van der Waals surface area contributed by atoms with Crippen molar-refractivity contribution in [3.8, 4) is 0 Å². The molecule has 1 aliphatic rings. The van der Waals surface area contributed by atoms with Gasteiger partial charge in [-0.3, -0.25) is 4.79 Å². The Morgan fingerprint density at radius 1 is 1.33 bits per heavy atom. The Balaban J connectivity index is -0.000000850. The van der Waals surface area contributed by atoms with Crippen LogP contribution in [0, 0.1) is 13.5 Å². The molecular weight excluding hydrogens is 618 g/mol. The van der Waals surface area contributed by atoms with Gasteiger partial charge >= 0.3 is 58.2 Å². The molecule has 0 aromatic heterocycles. The molecule has 0 bridgehead atoms. The van der Waals surface area contributed by atoms with Crippen LogP contribution in [0.3, 0.4) is 0 Å². The zero-order valence-electron chi connectivity index (χ0n) is 15.3. The first-order chi connectivity index (χ1) is 10.2. The van der Waals surface area contributed by atoms with Gasteiger partial charge in [0, 0.05) is 60.3 Å². The molecule has 125 valence electrons. The zero-order valence-corrected chi connectivity index (χ0v) is 26.0. The normalized spacial score (nSPS) is 11.6. The minimum absolute atomic E-state index is 0. The Kier molecular flexibility index (Phi) is 23.2. The summed E-state index contributed by atoms with van der Waals surface area (Å²) >= 11 is 0. The van der Waals surface area contributed by atoms with Crippen molar-refractivity contribution in [1.82, 2.24) is 4.90 Å². The van der Waals surface area contributed by atoms with Crippen LogP contribution in [-0.2, 0) is 53.8 Å². The van der Waals surface area contributed by atoms with Gasteiger partial charge in [0.25, 0.3) is 0 Å². The summed E-state index contributed by atoms with van der Waals surface area (Å²) in [5.41, 5.74) is 2.57. The topological polar surface area (TPSA) is 34.4 Å². The SMILES string of the molecule is CC.[CH2-]c1ccc2c(c1)C(=O)N([CH-]CCC[N-]C)CC=C2.[Rb+].[W].[Y]. The number of nitrogens with zero attached hydrogens (tertiary/aromatic N) is 2. The van der Waals surface area contributed by atoms with Gasteiger partial charge in [-0.2, -0.15) is 44.6 Å². The number of hydrogen-bond acceptors (Lipinski definition) is 1. The average molecular weight is 644 g/mol. The number of carbonyl (C=O) groups excluding carboxylic acids is 1.